The smallest absolute Gasteiger partial charge is 0.305 e. The van der Waals surface area contributed by atoms with Crippen LogP contribution in [0.3, 0.4) is 0 Å². The lowest BCUT2D eigenvalue weighted by Crippen LogP contribution is -2.18. The van der Waals surface area contributed by atoms with Crippen molar-refractivity contribution in [3.63, 3.8) is 0 Å². The van der Waals surface area contributed by atoms with Gasteiger partial charge in [0.25, 0.3) is 0 Å². The van der Waals surface area contributed by atoms with Gasteiger partial charge >= 0.3 is 5.69 Å². The van der Waals surface area contributed by atoms with Gasteiger partial charge < -0.3 is 4.98 Å². The number of aromatic amines is 1. The van der Waals surface area contributed by atoms with Crippen molar-refractivity contribution in [3.05, 3.63) is 74.6 Å². The quantitative estimate of drug-likeness (QED) is 0.720. The molecule has 4 rings (SSSR count). The average molecular weight is 353 g/mol. The third-order valence-electron chi connectivity index (χ3n) is 4.08. The minimum atomic E-state index is -0.298. The molecule has 0 aliphatic heterocycles. The molecule has 0 radical (unpaired) electrons. The molecule has 2 aromatic carbocycles. The first-order chi connectivity index (χ1) is 10.7. The SMILES string of the molecule is O=c1nc(-c2ccc(Br)cc2)c2c([nH]1)-c1ccccc1CC2. The van der Waals surface area contributed by atoms with E-state index in [9.17, 15) is 4.79 Å². The van der Waals surface area contributed by atoms with Crippen LogP contribution in [0.15, 0.2) is 57.8 Å². The van der Waals surface area contributed by atoms with E-state index in [0.717, 1.165) is 45.4 Å². The van der Waals surface area contributed by atoms with Crippen molar-refractivity contribution < 1.29 is 0 Å². The molecule has 0 spiro atoms. The summed E-state index contributed by atoms with van der Waals surface area (Å²) in [7, 11) is 0. The van der Waals surface area contributed by atoms with Crippen LogP contribution in [0.25, 0.3) is 22.5 Å². The second-order valence-corrected chi connectivity index (χ2v) is 6.32. The van der Waals surface area contributed by atoms with Gasteiger partial charge in [0.1, 0.15) is 0 Å². The van der Waals surface area contributed by atoms with Crippen LogP contribution < -0.4 is 5.69 Å². The molecule has 4 heteroatoms. The molecule has 0 unspecified atom stereocenters. The monoisotopic (exact) mass is 352 g/mol. The largest absolute Gasteiger partial charge is 0.345 e. The average Bonchev–Trinajstić information content (AvgIpc) is 2.55. The Morgan fingerprint density at radius 1 is 1.00 bits per heavy atom. The van der Waals surface area contributed by atoms with Gasteiger partial charge in [-0.15, -0.1) is 0 Å². The molecule has 1 aliphatic carbocycles. The fourth-order valence-electron chi connectivity index (χ4n) is 3.06. The first kappa shape index (κ1) is 13.5. The Balaban J connectivity index is 1.98. The van der Waals surface area contributed by atoms with Gasteiger partial charge in [-0.25, -0.2) is 4.79 Å². The first-order valence-corrected chi connectivity index (χ1v) is 7.99. The number of hydrogen-bond acceptors (Lipinski definition) is 2. The Morgan fingerprint density at radius 3 is 2.59 bits per heavy atom. The summed E-state index contributed by atoms with van der Waals surface area (Å²) in [6.07, 6.45) is 1.86. The molecular formula is C18H13BrN2O. The maximum absolute atomic E-state index is 12.0. The zero-order chi connectivity index (χ0) is 15.1. The van der Waals surface area contributed by atoms with Gasteiger partial charge in [-0.3, -0.25) is 0 Å². The normalized spacial score (nSPS) is 12.6. The summed E-state index contributed by atoms with van der Waals surface area (Å²) in [5.74, 6) is 0. The fourth-order valence-corrected chi connectivity index (χ4v) is 3.32. The number of benzene rings is 2. The number of nitrogens with one attached hydrogen (secondary N) is 1. The Kier molecular flexibility index (Phi) is 3.19. The van der Waals surface area contributed by atoms with Gasteiger partial charge in [0.05, 0.1) is 11.4 Å². The van der Waals surface area contributed by atoms with Crippen molar-refractivity contribution in [2.45, 2.75) is 12.8 Å². The van der Waals surface area contributed by atoms with E-state index in [1.165, 1.54) is 5.56 Å². The molecule has 0 fully saturated rings. The van der Waals surface area contributed by atoms with E-state index in [2.05, 4.69) is 38.0 Å². The van der Waals surface area contributed by atoms with Gasteiger partial charge in [0.2, 0.25) is 0 Å². The molecule has 22 heavy (non-hydrogen) atoms. The Labute approximate surface area is 136 Å². The molecule has 1 heterocycles. The second kappa shape index (κ2) is 5.21. The highest BCUT2D eigenvalue weighted by Crippen LogP contribution is 2.35. The predicted molar refractivity (Wildman–Crippen MR) is 90.8 cm³/mol. The van der Waals surface area contributed by atoms with Crippen molar-refractivity contribution >= 4 is 15.9 Å². The van der Waals surface area contributed by atoms with Gasteiger partial charge in [-0.1, -0.05) is 52.3 Å². The maximum atomic E-state index is 12.0. The summed E-state index contributed by atoms with van der Waals surface area (Å²) < 4.78 is 1.01. The van der Waals surface area contributed by atoms with E-state index in [-0.39, 0.29) is 5.69 Å². The number of aromatic nitrogens is 2. The number of fused-ring (bicyclic) bond motifs is 3. The third-order valence-corrected chi connectivity index (χ3v) is 4.61. The van der Waals surface area contributed by atoms with Crippen LogP contribution in [-0.2, 0) is 12.8 Å². The van der Waals surface area contributed by atoms with Gasteiger partial charge in [-0.05, 0) is 30.5 Å². The highest BCUT2D eigenvalue weighted by Gasteiger charge is 2.21. The number of aryl methyl sites for hydroxylation is 1. The zero-order valence-electron chi connectivity index (χ0n) is 11.8. The van der Waals surface area contributed by atoms with Crippen LogP contribution in [0.2, 0.25) is 0 Å². The lowest BCUT2D eigenvalue weighted by atomic mass is 9.87. The van der Waals surface area contributed by atoms with Crippen LogP contribution in [0.4, 0.5) is 0 Å². The van der Waals surface area contributed by atoms with Crippen molar-refractivity contribution in [3.8, 4) is 22.5 Å². The summed E-state index contributed by atoms with van der Waals surface area (Å²) in [4.78, 5) is 19.2. The summed E-state index contributed by atoms with van der Waals surface area (Å²) >= 11 is 3.44. The van der Waals surface area contributed by atoms with Crippen LogP contribution >= 0.6 is 15.9 Å². The summed E-state index contributed by atoms with van der Waals surface area (Å²) in [5, 5.41) is 0. The topological polar surface area (TPSA) is 45.8 Å². The van der Waals surface area contributed by atoms with E-state index >= 15 is 0 Å². The lowest BCUT2D eigenvalue weighted by Gasteiger charge is -2.21. The molecule has 1 aliphatic rings. The molecule has 3 aromatic rings. The van der Waals surface area contributed by atoms with E-state index < -0.39 is 0 Å². The summed E-state index contributed by atoms with van der Waals surface area (Å²) in [5.41, 5.74) is 5.90. The van der Waals surface area contributed by atoms with Gasteiger partial charge in [-0.2, -0.15) is 4.98 Å². The zero-order valence-corrected chi connectivity index (χ0v) is 13.4. The standard InChI is InChI=1S/C18H13BrN2O/c19-13-8-5-12(6-9-13)16-15-10-7-11-3-1-2-4-14(11)17(15)21-18(22)20-16/h1-6,8-9H,7,10H2,(H,20,21,22). The number of nitrogens with zero attached hydrogens (tertiary/aromatic N) is 1. The summed E-state index contributed by atoms with van der Waals surface area (Å²) in [6, 6.07) is 16.2. The highest BCUT2D eigenvalue weighted by molar-refractivity contribution is 9.10. The van der Waals surface area contributed by atoms with Gasteiger partial charge in [0, 0.05) is 21.2 Å². The molecule has 1 aromatic heterocycles. The van der Waals surface area contributed by atoms with E-state index in [4.69, 9.17) is 0 Å². The second-order valence-electron chi connectivity index (χ2n) is 5.41. The van der Waals surface area contributed by atoms with Crippen molar-refractivity contribution in [2.75, 3.05) is 0 Å². The molecule has 0 atom stereocenters. The van der Waals surface area contributed by atoms with Crippen LogP contribution in [-0.4, -0.2) is 9.97 Å². The van der Waals surface area contributed by atoms with Gasteiger partial charge in [0.15, 0.2) is 0 Å². The maximum Gasteiger partial charge on any atom is 0.345 e. The minimum absolute atomic E-state index is 0.298. The number of rotatable bonds is 1. The van der Waals surface area contributed by atoms with E-state index in [0.29, 0.717) is 0 Å². The third kappa shape index (κ3) is 2.20. The molecule has 3 nitrogen and oxygen atoms in total. The van der Waals surface area contributed by atoms with Crippen molar-refractivity contribution in [2.24, 2.45) is 0 Å². The number of halogens is 1. The highest BCUT2D eigenvalue weighted by atomic mass is 79.9. The molecule has 1 N–H and O–H groups in total. The summed E-state index contributed by atoms with van der Waals surface area (Å²) in [6.45, 7) is 0. The minimum Gasteiger partial charge on any atom is -0.305 e. The van der Waals surface area contributed by atoms with E-state index in [1.54, 1.807) is 0 Å². The fraction of sp³-hybridized carbons (Fsp3) is 0.111. The van der Waals surface area contributed by atoms with Crippen LogP contribution in [0.1, 0.15) is 11.1 Å². The Hall–Kier alpha value is -2.20. The molecule has 0 saturated heterocycles. The Bertz CT molecular complexity index is 913. The molecule has 0 saturated carbocycles. The molecule has 0 bridgehead atoms. The van der Waals surface area contributed by atoms with Crippen LogP contribution in [0.5, 0.6) is 0 Å². The molecular weight excluding hydrogens is 340 g/mol. The van der Waals surface area contributed by atoms with Crippen LogP contribution in [0, 0.1) is 0 Å². The predicted octanol–water partition coefficient (Wildman–Crippen LogP) is 3.97. The molecule has 108 valence electrons. The lowest BCUT2D eigenvalue weighted by molar-refractivity contribution is 0.902. The van der Waals surface area contributed by atoms with E-state index in [1.807, 2.05) is 36.4 Å². The number of H-pyrrole nitrogens is 1. The van der Waals surface area contributed by atoms with Crippen molar-refractivity contribution in [1.29, 1.82) is 0 Å². The first-order valence-electron chi connectivity index (χ1n) is 7.20. The Morgan fingerprint density at radius 2 is 1.77 bits per heavy atom. The van der Waals surface area contributed by atoms with Crippen molar-refractivity contribution in [1.82, 2.24) is 9.97 Å². The molecule has 0 amide bonds. The number of hydrogen-bond donors (Lipinski definition) is 1.